The minimum Gasteiger partial charge on any atom is -0.497 e. The Morgan fingerprint density at radius 2 is 1.69 bits per heavy atom. The van der Waals surface area contributed by atoms with Crippen molar-refractivity contribution in [1.82, 2.24) is 9.88 Å². The molecule has 2 aromatic carbocycles. The molecule has 2 N–H and O–H groups in total. The Balaban J connectivity index is 2.21. The number of fused-ring (bicyclic) bond motifs is 1. The summed E-state index contributed by atoms with van der Waals surface area (Å²) >= 11 is 3.63. The molecule has 0 radical (unpaired) electrons. The molecule has 0 aliphatic carbocycles. The predicted molar refractivity (Wildman–Crippen MR) is 130 cm³/mol. The van der Waals surface area contributed by atoms with E-state index in [1.54, 1.807) is 21.0 Å². The van der Waals surface area contributed by atoms with E-state index < -0.39 is 11.4 Å². The zero-order valence-electron chi connectivity index (χ0n) is 19.2. The van der Waals surface area contributed by atoms with Crippen molar-refractivity contribution in [2.24, 2.45) is 0 Å². The Labute approximate surface area is 196 Å². The number of ether oxygens (including phenoxy) is 1. The van der Waals surface area contributed by atoms with E-state index in [9.17, 15) is 14.7 Å². The van der Waals surface area contributed by atoms with Gasteiger partial charge in [-0.15, -0.1) is 0 Å². The quantitative estimate of drug-likeness (QED) is 0.477. The van der Waals surface area contributed by atoms with Crippen molar-refractivity contribution in [3.8, 4) is 17.0 Å². The van der Waals surface area contributed by atoms with Gasteiger partial charge in [-0.25, -0.2) is 0 Å². The van der Waals surface area contributed by atoms with Crippen molar-refractivity contribution in [3.05, 3.63) is 52.5 Å². The first-order valence-electron chi connectivity index (χ1n) is 10.4. The first-order valence-corrected chi connectivity index (χ1v) is 11.1. The molecule has 0 fully saturated rings. The number of nitrogens with one attached hydrogen (secondary N) is 1. The molecule has 3 rings (SSSR count). The molecule has 32 heavy (non-hydrogen) atoms. The van der Waals surface area contributed by atoms with Gasteiger partial charge in [0.25, 0.3) is 0 Å². The van der Waals surface area contributed by atoms with E-state index in [2.05, 4.69) is 21.2 Å². The van der Waals surface area contributed by atoms with Crippen LogP contribution in [0.3, 0.4) is 0 Å². The molecule has 170 valence electrons. The Kier molecular flexibility index (Phi) is 6.43. The van der Waals surface area contributed by atoms with Crippen LogP contribution in [0.5, 0.6) is 5.75 Å². The normalized spacial score (nSPS) is 12.1. The zero-order valence-corrected chi connectivity index (χ0v) is 20.8. The van der Waals surface area contributed by atoms with Gasteiger partial charge in [-0.1, -0.05) is 0 Å². The van der Waals surface area contributed by atoms with E-state index in [1.807, 2.05) is 67.8 Å². The van der Waals surface area contributed by atoms with Crippen LogP contribution in [0, 0.1) is 0 Å². The topological polar surface area (TPSA) is 80.6 Å². The molecule has 6 nitrogen and oxygen atoms in total. The lowest BCUT2D eigenvalue weighted by molar-refractivity contribution is -0.142. The summed E-state index contributed by atoms with van der Waals surface area (Å²) in [6.45, 7) is 9.32. The molecule has 0 saturated heterocycles. The van der Waals surface area contributed by atoms with Crippen LogP contribution < -0.4 is 10.1 Å². The summed E-state index contributed by atoms with van der Waals surface area (Å²) in [7, 11) is 1.62. The molecule has 0 aliphatic rings. The van der Waals surface area contributed by atoms with E-state index in [4.69, 9.17) is 4.74 Å². The SMILES string of the molecule is COc1ccc(-c2cc3cc(C(C)(C)C(=O)O)cc(Br)c3n2CC(=O)NC(C)(C)C)cc1. The van der Waals surface area contributed by atoms with E-state index in [0.29, 0.717) is 5.56 Å². The molecule has 0 saturated carbocycles. The second kappa shape index (κ2) is 8.62. The molecule has 0 aliphatic heterocycles. The van der Waals surface area contributed by atoms with Gasteiger partial charge in [0.05, 0.1) is 18.0 Å². The molecule has 3 aromatic rings. The number of carboxylic acid groups (broad SMARTS) is 1. The number of halogens is 1. The highest BCUT2D eigenvalue weighted by Crippen LogP contribution is 2.37. The van der Waals surface area contributed by atoms with Crippen molar-refractivity contribution in [3.63, 3.8) is 0 Å². The fourth-order valence-electron chi connectivity index (χ4n) is 3.61. The molecule has 1 amide bonds. The number of hydrogen-bond donors (Lipinski definition) is 2. The number of benzene rings is 2. The van der Waals surface area contributed by atoms with Gasteiger partial charge >= 0.3 is 5.97 Å². The minimum atomic E-state index is -1.05. The summed E-state index contributed by atoms with van der Waals surface area (Å²) in [5, 5.41) is 13.6. The van der Waals surface area contributed by atoms with Crippen molar-refractivity contribution >= 4 is 38.7 Å². The maximum Gasteiger partial charge on any atom is 0.313 e. The minimum absolute atomic E-state index is 0.105. The van der Waals surface area contributed by atoms with Crippen LogP contribution >= 0.6 is 15.9 Å². The van der Waals surface area contributed by atoms with E-state index >= 15 is 0 Å². The fourth-order valence-corrected chi connectivity index (χ4v) is 4.30. The Morgan fingerprint density at radius 3 is 2.22 bits per heavy atom. The maximum atomic E-state index is 12.8. The van der Waals surface area contributed by atoms with Crippen molar-refractivity contribution in [2.75, 3.05) is 7.11 Å². The van der Waals surface area contributed by atoms with Crippen LogP contribution in [-0.4, -0.2) is 34.2 Å². The van der Waals surface area contributed by atoms with Crippen LogP contribution in [0.1, 0.15) is 40.2 Å². The van der Waals surface area contributed by atoms with Crippen molar-refractivity contribution in [1.29, 1.82) is 0 Å². The van der Waals surface area contributed by atoms with Gasteiger partial charge in [-0.3, -0.25) is 9.59 Å². The lowest BCUT2D eigenvalue weighted by Crippen LogP contribution is -2.42. The standard InChI is InChI=1S/C25H29BrN2O4/c1-24(2,3)27-21(29)14-28-20(15-7-9-18(32-6)10-8-15)12-16-11-17(13-19(26)22(16)28)25(4,5)23(30)31/h7-13H,14H2,1-6H3,(H,27,29)(H,30,31). The molecule has 0 bridgehead atoms. The highest BCUT2D eigenvalue weighted by atomic mass is 79.9. The average molecular weight is 501 g/mol. The third-order valence-electron chi connectivity index (χ3n) is 5.40. The summed E-state index contributed by atoms with van der Waals surface area (Å²) < 4.78 is 7.97. The van der Waals surface area contributed by atoms with Gasteiger partial charge in [0, 0.05) is 21.1 Å². The highest BCUT2D eigenvalue weighted by molar-refractivity contribution is 9.10. The number of methoxy groups -OCH3 is 1. The number of hydrogen-bond acceptors (Lipinski definition) is 3. The lowest BCUT2D eigenvalue weighted by Gasteiger charge is -2.22. The molecule has 0 atom stereocenters. The van der Waals surface area contributed by atoms with E-state index in [-0.39, 0.29) is 18.0 Å². The van der Waals surface area contributed by atoms with E-state index in [0.717, 1.165) is 32.4 Å². The monoisotopic (exact) mass is 500 g/mol. The van der Waals surface area contributed by atoms with Gasteiger partial charge in [0.2, 0.25) is 5.91 Å². The summed E-state index contributed by atoms with van der Waals surface area (Å²) in [6.07, 6.45) is 0. The number of amides is 1. The van der Waals surface area contributed by atoms with Crippen LogP contribution in [0.15, 0.2) is 46.9 Å². The molecule has 1 aromatic heterocycles. The predicted octanol–water partition coefficient (Wildman–Crippen LogP) is 5.36. The molecule has 7 heteroatoms. The number of nitrogens with zero attached hydrogens (tertiary/aromatic N) is 1. The zero-order chi connectivity index (χ0) is 23.8. The van der Waals surface area contributed by atoms with Crippen LogP contribution in [0.4, 0.5) is 0 Å². The van der Waals surface area contributed by atoms with E-state index in [1.165, 1.54) is 0 Å². The van der Waals surface area contributed by atoms with Crippen LogP contribution in [0.25, 0.3) is 22.2 Å². The Hall–Kier alpha value is -2.80. The number of aromatic nitrogens is 1. The maximum absolute atomic E-state index is 12.8. The number of carboxylic acids is 1. The van der Waals surface area contributed by atoms with Gasteiger partial charge in [-0.05, 0) is 104 Å². The molecular formula is C25H29BrN2O4. The Morgan fingerprint density at radius 1 is 1.06 bits per heavy atom. The first kappa shape index (κ1) is 23.9. The molecular weight excluding hydrogens is 472 g/mol. The summed E-state index contributed by atoms with van der Waals surface area (Å²) in [5.41, 5.74) is 1.90. The molecule has 0 unspecified atom stereocenters. The first-order chi connectivity index (χ1) is 14.8. The summed E-state index contributed by atoms with van der Waals surface area (Å²) in [5.74, 6) is -0.261. The van der Waals surface area contributed by atoms with Crippen LogP contribution in [-0.2, 0) is 21.5 Å². The molecule has 0 spiro atoms. The number of rotatable bonds is 6. The van der Waals surface area contributed by atoms with Gasteiger partial charge in [0.15, 0.2) is 0 Å². The Bertz CT molecular complexity index is 1170. The average Bonchev–Trinajstić information content (AvgIpc) is 3.05. The number of aliphatic carboxylic acids is 1. The summed E-state index contributed by atoms with van der Waals surface area (Å²) in [6, 6.07) is 13.4. The second-order valence-corrected chi connectivity index (χ2v) is 10.3. The van der Waals surface area contributed by atoms with Gasteiger partial charge in [-0.2, -0.15) is 0 Å². The second-order valence-electron chi connectivity index (χ2n) is 9.47. The fraction of sp³-hybridized carbons (Fsp3) is 0.360. The van der Waals surface area contributed by atoms with Crippen molar-refractivity contribution < 1.29 is 19.4 Å². The highest BCUT2D eigenvalue weighted by Gasteiger charge is 2.31. The number of carbonyl (C=O) groups excluding carboxylic acids is 1. The third kappa shape index (κ3) is 4.83. The number of carbonyl (C=O) groups is 2. The van der Waals surface area contributed by atoms with Gasteiger partial charge in [0.1, 0.15) is 12.3 Å². The lowest BCUT2D eigenvalue weighted by atomic mass is 9.84. The molecule has 1 heterocycles. The smallest absolute Gasteiger partial charge is 0.313 e. The van der Waals surface area contributed by atoms with Crippen molar-refractivity contribution in [2.45, 2.75) is 52.1 Å². The third-order valence-corrected chi connectivity index (χ3v) is 6.01. The summed E-state index contributed by atoms with van der Waals surface area (Å²) in [4.78, 5) is 24.7. The van der Waals surface area contributed by atoms with Crippen LogP contribution in [0.2, 0.25) is 0 Å². The van der Waals surface area contributed by atoms with Gasteiger partial charge < -0.3 is 19.7 Å². The largest absolute Gasteiger partial charge is 0.497 e.